The van der Waals surface area contributed by atoms with Crippen molar-refractivity contribution in [2.24, 2.45) is 0 Å². The second-order valence-electron chi connectivity index (χ2n) is 7.19. The van der Waals surface area contributed by atoms with Crippen LogP contribution < -0.4 is 0 Å². The first-order valence-corrected chi connectivity index (χ1v) is 11.7. The van der Waals surface area contributed by atoms with Gasteiger partial charge in [0, 0.05) is 21.1 Å². The maximum Gasteiger partial charge on any atom is 0.238 e. The van der Waals surface area contributed by atoms with E-state index in [2.05, 4.69) is 19.6 Å². The van der Waals surface area contributed by atoms with E-state index in [4.69, 9.17) is 4.74 Å². The minimum absolute atomic E-state index is 0.0384. The number of carbonyl (C=O) groups is 2. The molecule has 5 nitrogen and oxygen atoms in total. The van der Waals surface area contributed by atoms with Gasteiger partial charge in [-0.1, -0.05) is 31.8 Å². The third kappa shape index (κ3) is 4.91. The van der Waals surface area contributed by atoms with E-state index in [1.54, 1.807) is 24.3 Å². The zero-order chi connectivity index (χ0) is 17.0. The molecule has 6 heteroatoms. The van der Waals surface area contributed by atoms with Gasteiger partial charge in [0.1, 0.15) is 12.5 Å². The lowest BCUT2D eigenvalue weighted by molar-refractivity contribution is -0.155. The number of amides is 2. The summed E-state index contributed by atoms with van der Waals surface area (Å²) in [4.78, 5) is 25.8. The monoisotopic (exact) mass is 335 g/mol. The van der Waals surface area contributed by atoms with E-state index in [9.17, 15) is 14.7 Å². The topological polar surface area (TPSA) is 66.8 Å². The molecule has 1 aliphatic heterocycles. The van der Waals surface area contributed by atoms with Crippen molar-refractivity contribution in [1.82, 2.24) is 4.90 Å². The van der Waals surface area contributed by atoms with Gasteiger partial charge in [0.15, 0.2) is 0 Å². The number of likely N-dealkylation sites (tertiary alicyclic amines) is 1. The molecule has 1 saturated heterocycles. The number of imide groups is 1. The van der Waals surface area contributed by atoms with Gasteiger partial charge in [-0.05, 0) is 30.2 Å². The summed E-state index contributed by atoms with van der Waals surface area (Å²) in [6, 6.07) is 7.60. The van der Waals surface area contributed by atoms with Crippen molar-refractivity contribution in [3.63, 3.8) is 0 Å². The Balaban J connectivity index is 1.97. The molecule has 1 unspecified atom stereocenters. The third-order valence-electron chi connectivity index (χ3n) is 4.02. The van der Waals surface area contributed by atoms with Gasteiger partial charge in [-0.25, -0.2) is 0 Å². The summed E-state index contributed by atoms with van der Waals surface area (Å²) >= 11 is 0. The summed E-state index contributed by atoms with van der Waals surface area (Å²) in [5, 5.41) is 9.36. The number of hydrogen-bond donors (Lipinski definition) is 1. The van der Waals surface area contributed by atoms with E-state index < -0.39 is 8.07 Å². The smallest absolute Gasteiger partial charge is 0.238 e. The van der Waals surface area contributed by atoms with E-state index in [0.29, 0.717) is 19.4 Å². The molecule has 1 aromatic rings. The highest BCUT2D eigenvalue weighted by Crippen LogP contribution is 2.29. The van der Waals surface area contributed by atoms with Crippen LogP contribution in [0.4, 0.5) is 0 Å². The van der Waals surface area contributed by atoms with Crippen LogP contribution in [0.15, 0.2) is 24.3 Å². The highest BCUT2D eigenvalue weighted by Gasteiger charge is 2.35. The van der Waals surface area contributed by atoms with Crippen LogP contribution in [0.3, 0.4) is 0 Å². The molecule has 0 spiro atoms. The molecule has 0 aliphatic carbocycles. The number of hydrogen-bond acceptors (Lipinski definition) is 4. The molecule has 0 bridgehead atoms. The van der Waals surface area contributed by atoms with Crippen molar-refractivity contribution in [2.45, 2.75) is 44.4 Å². The number of carbonyl (C=O) groups excluding carboxylic acids is 2. The third-order valence-corrected chi connectivity index (χ3v) is 5.73. The van der Waals surface area contributed by atoms with Crippen LogP contribution >= 0.6 is 0 Å². The van der Waals surface area contributed by atoms with Gasteiger partial charge < -0.3 is 9.84 Å². The quantitative estimate of drug-likeness (QED) is 0.493. The molecule has 1 heterocycles. The molecule has 1 N–H and O–H groups in total. The fourth-order valence-electron chi connectivity index (χ4n) is 2.52. The molecule has 2 rings (SSSR count). The maximum absolute atomic E-state index is 12.6. The van der Waals surface area contributed by atoms with Crippen LogP contribution in [0, 0.1) is 0 Å². The lowest BCUT2D eigenvalue weighted by atomic mass is 9.89. The van der Waals surface area contributed by atoms with Crippen molar-refractivity contribution in [3.8, 4) is 5.75 Å². The summed E-state index contributed by atoms with van der Waals surface area (Å²) < 4.78 is 5.57. The van der Waals surface area contributed by atoms with E-state index in [0.717, 1.165) is 11.6 Å². The SMILES string of the molecule is C[Si](C)(C)CCOCN1C(=O)CCC(c2ccc(O)cc2)C1=O. The Hall–Kier alpha value is -1.66. The Bertz CT molecular complexity index is 565. The van der Waals surface area contributed by atoms with Crippen LogP contribution in [0.5, 0.6) is 5.75 Å². The van der Waals surface area contributed by atoms with Crippen LogP contribution in [-0.4, -0.2) is 43.2 Å². The predicted molar refractivity (Wildman–Crippen MR) is 90.9 cm³/mol. The maximum atomic E-state index is 12.6. The van der Waals surface area contributed by atoms with Crippen molar-refractivity contribution in [1.29, 1.82) is 0 Å². The van der Waals surface area contributed by atoms with Gasteiger partial charge in [0.2, 0.25) is 11.8 Å². The van der Waals surface area contributed by atoms with Crippen LogP contribution in [-0.2, 0) is 14.3 Å². The van der Waals surface area contributed by atoms with Crippen molar-refractivity contribution in [2.75, 3.05) is 13.3 Å². The van der Waals surface area contributed by atoms with Crippen LogP contribution in [0.2, 0.25) is 25.7 Å². The zero-order valence-electron chi connectivity index (χ0n) is 14.0. The van der Waals surface area contributed by atoms with E-state index in [-0.39, 0.29) is 30.2 Å². The lowest BCUT2D eigenvalue weighted by Gasteiger charge is -2.30. The highest BCUT2D eigenvalue weighted by atomic mass is 28.3. The minimum atomic E-state index is -1.19. The molecule has 0 aromatic heterocycles. The number of piperidine rings is 1. The molecule has 126 valence electrons. The Morgan fingerprint density at radius 3 is 2.48 bits per heavy atom. The van der Waals surface area contributed by atoms with Gasteiger partial charge in [0.25, 0.3) is 0 Å². The number of phenols is 1. The molecule has 0 radical (unpaired) electrons. The standard InChI is InChI=1S/C17H25NO4Si/c1-23(2,3)11-10-22-12-18-16(20)9-8-15(17(18)21)13-4-6-14(19)7-5-13/h4-7,15,19H,8-12H2,1-3H3. The van der Waals surface area contributed by atoms with Gasteiger partial charge in [-0.3, -0.25) is 14.5 Å². The molecular weight excluding hydrogens is 310 g/mol. The number of ether oxygens (including phenoxy) is 1. The summed E-state index contributed by atoms with van der Waals surface area (Å²) in [6.45, 7) is 7.39. The van der Waals surface area contributed by atoms with Crippen LogP contribution in [0.1, 0.15) is 24.3 Å². The summed E-state index contributed by atoms with van der Waals surface area (Å²) in [5.41, 5.74) is 0.826. The second kappa shape index (κ2) is 7.27. The first kappa shape index (κ1) is 17.7. The summed E-state index contributed by atoms with van der Waals surface area (Å²) in [7, 11) is -1.19. The number of rotatable bonds is 6. The average Bonchev–Trinajstić information content (AvgIpc) is 2.46. The normalized spacial score (nSPS) is 19.3. The lowest BCUT2D eigenvalue weighted by Crippen LogP contribution is -2.45. The second-order valence-corrected chi connectivity index (χ2v) is 12.8. The first-order valence-electron chi connectivity index (χ1n) is 7.99. The van der Waals surface area contributed by atoms with Gasteiger partial charge in [0.05, 0.1) is 5.92 Å². The Kier molecular flexibility index (Phi) is 5.59. The predicted octanol–water partition coefficient (Wildman–Crippen LogP) is 2.94. The van der Waals surface area contributed by atoms with Gasteiger partial charge in [-0.15, -0.1) is 0 Å². The molecule has 1 aliphatic rings. The van der Waals surface area contributed by atoms with E-state index >= 15 is 0 Å². The molecular formula is C17H25NO4Si. The summed E-state index contributed by atoms with van der Waals surface area (Å²) in [6.07, 6.45) is 0.850. The fraction of sp³-hybridized carbons (Fsp3) is 0.529. The zero-order valence-corrected chi connectivity index (χ0v) is 15.0. The number of benzene rings is 1. The molecule has 2 amide bonds. The molecule has 1 atom stereocenters. The first-order chi connectivity index (χ1) is 10.8. The average molecular weight is 335 g/mol. The summed E-state index contributed by atoms with van der Waals surface area (Å²) in [5.74, 6) is -0.550. The largest absolute Gasteiger partial charge is 0.508 e. The fourth-order valence-corrected chi connectivity index (χ4v) is 3.28. The molecule has 1 fully saturated rings. The van der Waals surface area contributed by atoms with Crippen molar-refractivity contribution < 1.29 is 19.4 Å². The van der Waals surface area contributed by atoms with E-state index in [1.165, 1.54) is 4.90 Å². The molecule has 0 saturated carbocycles. The van der Waals surface area contributed by atoms with Crippen molar-refractivity contribution in [3.05, 3.63) is 29.8 Å². The Labute approximate surface area is 138 Å². The molecule has 23 heavy (non-hydrogen) atoms. The number of nitrogens with zero attached hydrogens (tertiary/aromatic N) is 1. The Morgan fingerprint density at radius 1 is 1.22 bits per heavy atom. The number of phenolic OH excluding ortho intramolecular Hbond substituents is 1. The highest BCUT2D eigenvalue weighted by molar-refractivity contribution is 6.76. The van der Waals surface area contributed by atoms with E-state index in [1.807, 2.05) is 0 Å². The van der Waals surface area contributed by atoms with Crippen molar-refractivity contribution >= 4 is 19.9 Å². The van der Waals surface area contributed by atoms with Gasteiger partial charge in [-0.2, -0.15) is 0 Å². The van der Waals surface area contributed by atoms with Gasteiger partial charge >= 0.3 is 0 Å². The minimum Gasteiger partial charge on any atom is -0.508 e. The van der Waals surface area contributed by atoms with Crippen LogP contribution in [0.25, 0.3) is 0 Å². The molecule has 1 aromatic carbocycles. The number of aromatic hydroxyl groups is 1. The Morgan fingerprint density at radius 2 is 1.87 bits per heavy atom.